The third kappa shape index (κ3) is 6.23. The van der Waals surface area contributed by atoms with E-state index < -0.39 is 16.1 Å². The fourth-order valence-electron chi connectivity index (χ4n) is 13.0. The van der Waals surface area contributed by atoms with Crippen LogP contribution >= 0.6 is 0 Å². The van der Waals surface area contributed by atoms with Gasteiger partial charge in [0.15, 0.2) is 16.1 Å². The first-order chi connectivity index (χ1) is 37.2. The van der Waals surface area contributed by atoms with Crippen molar-refractivity contribution in [3.8, 4) is 5.69 Å². The van der Waals surface area contributed by atoms with Gasteiger partial charge in [-0.15, -0.1) is 0 Å². The van der Waals surface area contributed by atoms with Gasteiger partial charge in [-0.1, -0.05) is 224 Å². The number of imidazole rings is 1. The molecule has 0 spiro atoms. The molecular formula is C68H47N5Si2. The number of aromatic nitrogens is 4. The number of benzene rings is 10. The van der Waals surface area contributed by atoms with Crippen molar-refractivity contribution in [2.24, 2.45) is 0 Å². The van der Waals surface area contributed by atoms with Crippen molar-refractivity contribution < 1.29 is 0 Å². The Balaban J connectivity index is 1.06. The molecule has 5 nitrogen and oxygen atoms in total. The minimum atomic E-state index is -3.21. The van der Waals surface area contributed by atoms with Crippen LogP contribution in [0.15, 0.2) is 286 Å². The molecule has 14 aromatic rings. The molecule has 0 amide bonds. The summed E-state index contributed by atoms with van der Waals surface area (Å²) in [6.45, 7) is 0. The molecule has 0 radical (unpaired) electrons. The molecule has 15 rings (SSSR count). The molecule has 0 saturated carbocycles. The van der Waals surface area contributed by atoms with Crippen LogP contribution < -0.4 is 46.4 Å². The van der Waals surface area contributed by atoms with Crippen molar-refractivity contribution in [3.63, 3.8) is 0 Å². The van der Waals surface area contributed by atoms with Gasteiger partial charge in [0.2, 0.25) is 0 Å². The summed E-state index contributed by atoms with van der Waals surface area (Å²) in [5.41, 5.74) is 7.67. The number of hydrogen-bond acceptors (Lipinski definition) is 3. The van der Waals surface area contributed by atoms with E-state index in [1.165, 1.54) is 63.0 Å². The number of hydrogen-bond donors (Lipinski definition) is 0. The van der Waals surface area contributed by atoms with Crippen molar-refractivity contribution in [2.75, 3.05) is 4.90 Å². The van der Waals surface area contributed by atoms with Gasteiger partial charge in [-0.3, -0.25) is 9.30 Å². The zero-order valence-corrected chi connectivity index (χ0v) is 42.9. The summed E-state index contributed by atoms with van der Waals surface area (Å²) in [6.07, 6.45) is 6.16. The third-order valence-corrected chi connectivity index (χ3v) is 25.6. The Kier molecular flexibility index (Phi) is 9.85. The van der Waals surface area contributed by atoms with E-state index in [0.29, 0.717) is 0 Å². The molecular weight excluding hydrogens is 943 g/mol. The van der Waals surface area contributed by atoms with Gasteiger partial charge in [0, 0.05) is 56.2 Å². The van der Waals surface area contributed by atoms with Crippen molar-refractivity contribution in [1.82, 2.24) is 18.9 Å². The molecule has 10 aromatic carbocycles. The predicted octanol–water partition coefficient (Wildman–Crippen LogP) is 10.7. The van der Waals surface area contributed by atoms with E-state index in [1.54, 1.807) is 0 Å². The molecule has 0 N–H and O–H groups in total. The maximum Gasteiger partial charge on any atom is 0.187 e. The smallest absolute Gasteiger partial charge is 0.187 e. The average molecular weight is 990 g/mol. The summed E-state index contributed by atoms with van der Waals surface area (Å²) >= 11 is 0. The molecule has 0 bridgehead atoms. The van der Waals surface area contributed by atoms with E-state index in [1.807, 2.05) is 6.20 Å². The quantitative estimate of drug-likeness (QED) is 0.0865. The molecule has 0 fully saturated rings. The molecule has 0 atom stereocenters. The van der Waals surface area contributed by atoms with E-state index in [9.17, 15) is 0 Å². The number of para-hydroxylation sites is 4. The first-order valence-electron chi connectivity index (χ1n) is 25.7. The maximum atomic E-state index is 5.82. The van der Waals surface area contributed by atoms with Gasteiger partial charge in [-0.25, -0.2) is 9.97 Å². The van der Waals surface area contributed by atoms with Crippen LogP contribution in [-0.4, -0.2) is 35.1 Å². The highest BCUT2D eigenvalue weighted by molar-refractivity contribution is 7.22. The second-order valence-corrected chi connectivity index (χ2v) is 27.2. The molecule has 0 aliphatic carbocycles. The second-order valence-electron chi connectivity index (χ2n) is 19.7. The Bertz CT molecular complexity index is 4400. The van der Waals surface area contributed by atoms with E-state index in [4.69, 9.17) is 9.97 Å². The monoisotopic (exact) mass is 989 g/mol. The fraction of sp³-hybridized carbons (Fsp3) is 0. The maximum absolute atomic E-state index is 5.82. The Morgan fingerprint density at radius 3 is 1.65 bits per heavy atom. The Morgan fingerprint density at radius 2 is 0.947 bits per heavy atom. The highest BCUT2D eigenvalue weighted by Gasteiger charge is 2.51. The van der Waals surface area contributed by atoms with E-state index >= 15 is 0 Å². The van der Waals surface area contributed by atoms with Crippen LogP contribution in [0.25, 0.3) is 54.8 Å². The van der Waals surface area contributed by atoms with Crippen LogP contribution in [0.3, 0.4) is 0 Å². The summed E-state index contributed by atoms with van der Waals surface area (Å²) < 4.78 is 4.67. The standard InChI is InChI=1S/C68H47N5Si2/c1-6-23-48(24-7-1)72-61-38-19-17-36-58(61)65-63(72)47-70-68-66(65)75(52-30-12-4-13-31-52,53-32-14-5-15-33-53)64-40-21-20-39-62(64)73(68)49-25-22-34-54(45-49)74(50-26-8-2-9-27-50,51-28-10-3-11-29-51)55-41-42-56-57-35-16-18-37-60(57)71-44-43-69-67(71)59(56)46-55/h1-47H. The first-order valence-corrected chi connectivity index (χ1v) is 29.7. The van der Waals surface area contributed by atoms with Gasteiger partial charge in [-0.2, -0.15) is 0 Å². The lowest BCUT2D eigenvalue weighted by Gasteiger charge is -2.45. The largest absolute Gasteiger partial charge is 0.308 e. The van der Waals surface area contributed by atoms with Gasteiger partial charge in [-0.05, 0) is 84.2 Å². The van der Waals surface area contributed by atoms with Crippen LogP contribution in [-0.2, 0) is 0 Å². The summed E-state index contributed by atoms with van der Waals surface area (Å²) in [5.74, 6) is 0.958. The van der Waals surface area contributed by atoms with Gasteiger partial charge >= 0.3 is 0 Å². The molecule has 352 valence electrons. The molecule has 4 aromatic heterocycles. The van der Waals surface area contributed by atoms with Crippen molar-refractivity contribution in [1.29, 1.82) is 0 Å². The Morgan fingerprint density at radius 1 is 0.387 bits per heavy atom. The highest BCUT2D eigenvalue weighted by Crippen LogP contribution is 2.42. The molecule has 0 saturated heterocycles. The van der Waals surface area contributed by atoms with E-state index in [0.717, 1.165) is 50.5 Å². The van der Waals surface area contributed by atoms with Crippen molar-refractivity contribution >= 4 is 124 Å². The number of fused-ring (bicyclic) bond motifs is 12. The molecule has 1 aliphatic heterocycles. The lowest BCUT2D eigenvalue weighted by molar-refractivity contribution is 1.15. The second kappa shape index (κ2) is 17.1. The minimum absolute atomic E-state index is 0.958. The molecule has 75 heavy (non-hydrogen) atoms. The topological polar surface area (TPSA) is 38.4 Å². The van der Waals surface area contributed by atoms with E-state index in [-0.39, 0.29) is 0 Å². The summed E-state index contributed by atoms with van der Waals surface area (Å²) in [7, 11) is -6.36. The number of anilines is 3. The van der Waals surface area contributed by atoms with Gasteiger partial charge < -0.3 is 4.57 Å². The van der Waals surface area contributed by atoms with Crippen LogP contribution in [0.2, 0.25) is 0 Å². The van der Waals surface area contributed by atoms with Crippen LogP contribution in [0.5, 0.6) is 0 Å². The van der Waals surface area contributed by atoms with Gasteiger partial charge in [0.25, 0.3) is 0 Å². The summed E-state index contributed by atoms with van der Waals surface area (Å²) in [4.78, 5) is 13.4. The lowest BCUT2D eigenvalue weighted by atomic mass is 10.1. The first kappa shape index (κ1) is 43.2. The Hall–Kier alpha value is -9.41. The zero-order valence-electron chi connectivity index (χ0n) is 40.9. The van der Waals surface area contributed by atoms with Crippen LogP contribution in [0, 0.1) is 0 Å². The van der Waals surface area contributed by atoms with Gasteiger partial charge in [0.1, 0.15) is 11.5 Å². The average Bonchev–Trinajstić information content (AvgIpc) is 4.13. The van der Waals surface area contributed by atoms with Gasteiger partial charge in [0.05, 0.1) is 22.7 Å². The predicted molar refractivity (Wildman–Crippen MR) is 318 cm³/mol. The highest BCUT2D eigenvalue weighted by atomic mass is 28.3. The fourth-order valence-corrected chi connectivity index (χ4v) is 23.1. The minimum Gasteiger partial charge on any atom is -0.308 e. The molecule has 1 aliphatic rings. The van der Waals surface area contributed by atoms with Crippen LogP contribution in [0.4, 0.5) is 17.2 Å². The normalized spacial score (nSPS) is 13.1. The Labute approximate surface area is 436 Å². The lowest BCUT2D eigenvalue weighted by Crippen LogP contribution is -2.77. The van der Waals surface area contributed by atoms with E-state index in [2.05, 4.69) is 293 Å². The molecule has 0 unspecified atom stereocenters. The number of pyridine rings is 2. The van der Waals surface area contributed by atoms with Crippen molar-refractivity contribution in [3.05, 3.63) is 286 Å². The summed E-state index contributed by atoms with van der Waals surface area (Å²) in [6, 6.07) is 99.5. The summed E-state index contributed by atoms with van der Waals surface area (Å²) in [5, 5.41) is 16.4. The zero-order chi connectivity index (χ0) is 49.5. The van der Waals surface area contributed by atoms with Crippen LogP contribution in [0.1, 0.15) is 0 Å². The number of rotatable bonds is 8. The molecule has 5 heterocycles. The number of nitrogens with zero attached hydrogens (tertiary/aromatic N) is 5. The van der Waals surface area contributed by atoms with Crippen molar-refractivity contribution in [2.45, 2.75) is 0 Å². The molecule has 7 heteroatoms. The SMILES string of the molecule is c1ccc(-n2c3ccccc3c3c4c(ncc32)N(c2cccc([Si](c3ccccc3)(c3ccccc3)c3ccc5c6ccccc6n6ccnc6c5c3)c2)c2ccccc2[Si]4(c2ccccc2)c2ccccc2)cc1. The third-order valence-electron chi connectivity index (χ3n) is 16.0.